The molecule has 2 N–H and O–H groups in total. The molecule has 0 saturated heterocycles. The molecule has 14 heavy (non-hydrogen) atoms. The maximum Gasteiger partial charge on any atom is -0.00108 e. The molecule has 1 heteroatoms. The van der Waals surface area contributed by atoms with E-state index in [-0.39, 0.29) is 0 Å². The van der Waals surface area contributed by atoms with Crippen molar-refractivity contribution in [3.63, 3.8) is 0 Å². The Balaban J connectivity index is 2.40. The largest absolute Gasteiger partial charge is 0.330 e. The fraction of sp³-hybridized carbons (Fsp3) is 0.385. The summed E-state index contributed by atoms with van der Waals surface area (Å²) < 4.78 is 0. The van der Waals surface area contributed by atoms with E-state index in [2.05, 4.69) is 38.1 Å². The van der Waals surface area contributed by atoms with E-state index in [4.69, 9.17) is 5.73 Å². The van der Waals surface area contributed by atoms with Crippen LogP contribution in [0, 0.1) is 12.8 Å². The lowest BCUT2D eigenvalue weighted by atomic mass is 9.94. The van der Waals surface area contributed by atoms with Gasteiger partial charge in [-0.3, -0.25) is 0 Å². The molecule has 0 aromatic heterocycles. The zero-order valence-electron chi connectivity index (χ0n) is 8.88. The van der Waals surface area contributed by atoms with E-state index >= 15 is 0 Å². The summed E-state index contributed by atoms with van der Waals surface area (Å²) in [6.45, 7) is 5.08. The topological polar surface area (TPSA) is 26.0 Å². The van der Waals surface area contributed by atoms with Gasteiger partial charge in [-0.1, -0.05) is 36.8 Å². The van der Waals surface area contributed by atoms with Crippen molar-refractivity contribution in [2.24, 2.45) is 11.7 Å². The Morgan fingerprint density at radius 1 is 1.43 bits per heavy atom. The summed E-state index contributed by atoms with van der Waals surface area (Å²) in [6.07, 6.45) is 3.40. The molecule has 0 aliphatic heterocycles. The number of rotatable bonds is 2. The molecule has 0 bridgehead atoms. The summed E-state index contributed by atoms with van der Waals surface area (Å²) in [5, 5.41) is 0. The van der Waals surface area contributed by atoms with Crippen LogP contribution in [0.3, 0.4) is 0 Å². The molecular weight excluding hydrogens is 170 g/mol. The molecule has 1 unspecified atom stereocenters. The Labute approximate surface area is 85.6 Å². The van der Waals surface area contributed by atoms with Crippen LogP contribution in [0.5, 0.6) is 0 Å². The van der Waals surface area contributed by atoms with Gasteiger partial charge in [0.05, 0.1) is 0 Å². The average molecular weight is 187 g/mol. The van der Waals surface area contributed by atoms with Gasteiger partial charge in [0.25, 0.3) is 0 Å². The Hall–Kier alpha value is -1.08. The highest BCUT2D eigenvalue weighted by Gasteiger charge is 2.17. The van der Waals surface area contributed by atoms with Crippen molar-refractivity contribution in [2.75, 3.05) is 6.54 Å². The maximum atomic E-state index is 5.71. The van der Waals surface area contributed by atoms with Crippen LogP contribution in [0.25, 0.3) is 5.57 Å². The summed E-state index contributed by atoms with van der Waals surface area (Å²) in [6, 6.07) is 6.69. The summed E-state index contributed by atoms with van der Waals surface area (Å²) >= 11 is 0. The van der Waals surface area contributed by atoms with Crippen LogP contribution in [0.4, 0.5) is 0 Å². The van der Waals surface area contributed by atoms with Crippen LogP contribution < -0.4 is 5.73 Å². The van der Waals surface area contributed by atoms with E-state index in [1.165, 1.54) is 22.3 Å². The molecule has 0 amide bonds. The lowest BCUT2D eigenvalue weighted by molar-refractivity contribution is 0.761. The molecule has 74 valence electrons. The number of aryl methyl sites for hydroxylation is 1. The van der Waals surface area contributed by atoms with E-state index in [9.17, 15) is 0 Å². The van der Waals surface area contributed by atoms with Crippen molar-refractivity contribution in [1.29, 1.82) is 0 Å². The van der Waals surface area contributed by atoms with Crippen molar-refractivity contribution >= 4 is 5.57 Å². The average Bonchev–Trinajstić information content (AvgIpc) is 2.59. The van der Waals surface area contributed by atoms with Crippen molar-refractivity contribution < 1.29 is 0 Å². The van der Waals surface area contributed by atoms with Crippen molar-refractivity contribution in [3.8, 4) is 0 Å². The molecule has 0 fully saturated rings. The van der Waals surface area contributed by atoms with Crippen LogP contribution in [-0.2, 0) is 6.42 Å². The first kappa shape index (κ1) is 9.47. The van der Waals surface area contributed by atoms with Gasteiger partial charge >= 0.3 is 0 Å². The van der Waals surface area contributed by atoms with Crippen LogP contribution in [0.1, 0.15) is 23.6 Å². The molecule has 1 nitrogen and oxygen atoms in total. The molecule has 1 aromatic carbocycles. The number of fused-ring (bicyclic) bond motifs is 1. The molecule has 1 aliphatic carbocycles. The molecule has 0 saturated carbocycles. The highest BCUT2D eigenvalue weighted by molar-refractivity contribution is 5.74. The minimum Gasteiger partial charge on any atom is -0.330 e. The first-order valence-electron chi connectivity index (χ1n) is 5.22. The third-order valence-corrected chi connectivity index (χ3v) is 3.00. The minimum atomic E-state index is 0.484. The van der Waals surface area contributed by atoms with Gasteiger partial charge in [-0.15, -0.1) is 0 Å². The smallest absolute Gasteiger partial charge is 0.00108 e. The van der Waals surface area contributed by atoms with Crippen LogP contribution in [0.15, 0.2) is 24.3 Å². The molecule has 1 aliphatic rings. The monoisotopic (exact) mass is 187 g/mol. The number of hydrogen-bond donors (Lipinski definition) is 1. The second kappa shape index (κ2) is 3.58. The molecular formula is C13H17N. The van der Waals surface area contributed by atoms with E-state index in [1.807, 2.05) is 0 Å². The van der Waals surface area contributed by atoms with Gasteiger partial charge in [-0.05, 0) is 42.5 Å². The first-order valence-corrected chi connectivity index (χ1v) is 5.22. The van der Waals surface area contributed by atoms with Crippen LogP contribution in [0.2, 0.25) is 0 Å². The fourth-order valence-corrected chi connectivity index (χ4v) is 2.06. The number of nitrogens with two attached hydrogens (primary N) is 1. The molecule has 1 atom stereocenters. The molecule has 0 spiro atoms. The normalized spacial score (nSPS) is 16.4. The lowest BCUT2D eigenvalue weighted by Crippen LogP contribution is -2.11. The second-order valence-corrected chi connectivity index (χ2v) is 4.16. The SMILES string of the molecule is Cc1ccc2c(c1)C(C(C)CN)=CC2. The molecule has 0 radical (unpaired) electrons. The highest BCUT2D eigenvalue weighted by atomic mass is 14.5. The quantitative estimate of drug-likeness (QED) is 0.756. The van der Waals surface area contributed by atoms with Gasteiger partial charge in [0, 0.05) is 0 Å². The van der Waals surface area contributed by atoms with Gasteiger partial charge in [0.2, 0.25) is 0 Å². The van der Waals surface area contributed by atoms with Crippen LogP contribution >= 0.6 is 0 Å². The van der Waals surface area contributed by atoms with Crippen molar-refractivity contribution in [2.45, 2.75) is 20.3 Å². The highest BCUT2D eigenvalue weighted by Crippen LogP contribution is 2.32. The van der Waals surface area contributed by atoms with Gasteiger partial charge < -0.3 is 5.73 Å². The zero-order valence-corrected chi connectivity index (χ0v) is 8.88. The van der Waals surface area contributed by atoms with Crippen molar-refractivity contribution in [1.82, 2.24) is 0 Å². The first-order chi connectivity index (χ1) is 6.72. The van der Waals surface area contributed by atoms with Gasteiger partial charge in [0.1, 0.15) is 0 Å². The molecule has 2 rings (SSSR count). The third-order valence-electron chi connectivity index (χ3n) is 3.00. The predicted octanol–water partition coefficient (Wildman–Crippen LogP) is 2.53. The minimum absolute atomic E-state index is 0.484. The van der Waals surface area contributed by atoms with Gasteiger partial charge in [-0.25, -0.2) is 0 Å². The summed E-state index contributed by atoms with van der Waals surface area (Å²) in [5.74, 6) is 0.484. The summed E-state index contributed by atoms with van der Waals surface area (Å²) in [4.78, 5) is 0. The Bertz CT molecular complexity index is 377. The second-order valence-electron chi connectivity index (χ2n) is 4.16. The Morgan fingerprint density at radius 2 is 2.21 bits per heavy atom. The summed E-state index contributed by atoms with van der Waals surface area (Å²) in [5.41, 5.74) is 11.3. The van der Waals surface area contributed by atoms with E-state index in [1.54, 1.807) is 0 Å². The third kappa shape index (κ3) is 1.48. The maximum absolute atomic E-state index is 5.71. The van der Waals surface area contributed by atoms with Crippen molar-refractivity contribution in [3.05, 3.63) is 41.0 Å². The van der Waals surface area contributed by atoms with E-state index in [0.717, 1.165) is 13.0 Å². The van der Waals surface area contributed by atoms with Gasteiger partial charge in [0.15, 0.2) is 0 Å². The predicted molar refractivity (Wildman–Crippen MR) is 61.1 cm³/mol. The molecule has 0 heterocycles. The lowest BCUT2D eigenvalue weighted by Gasteiger charge is -2.12. The number of benzene rings is 1. The van der Waals surface area contributed by atoms with E-state index in [0.29, 0.717) is 5.92 Å². The van der Waals surface area contributed by atoms with E-state index < -0.39 is 0 Å². The standard InChI is InChI=1S/C13H17N/c1-9-3-4-11-5-6-12(10(2)8-14)13(11)7-9/h3-4,6-7,10H,5,8,14H2,1-2H3. The summed E-state index contributed by atoms with van der Waals surface area (Å²) in [7, 11) is 0. The number of hydrogen-bond acceptors (Lipinski definition) is 1. The Kier molecular flexibility index (Phi) is 2.42. The van der Waals surface area contributed by atoms with Gasteiger partial charge in [-0.2, -0.15) is 0 Å². The fourth-order valence-electron chi connectivity index (χ4n) is 2.06. The molecule has 1 aromatic rings. The Morgan fingerprint density at radius 3 is 2.93 bits per heavy atom. The number of allylic oxidation sites excluding steroid dienone is 1. The zero-order chi connectivity index (χ0) is 10.1. The van der Waals surface area contributed by atoms with Crippen LogP contribution in [-0.4, -0.2) is 6.54 Å².